The van der Waals surface area contributed by atoms with E-state index in [1.54, 1.807) is 0 Å². The predicted molar refractivity (Wildman–Crippen MR) is 35.9 cm³/mol. The largest absolute Gasteiger partial charge is 1.00 e. The van der Waals surface area contributed by atoms with Crippen LogP contribution in [-0.4, -0.2) is 15.4 Å². The molecule has 0 amide bonds. The Kier molecular flexibility index (Phi) is 17.8. The molecule has 0 spiro atoms. The first-order chi connectivity index (χ1) is 3.13. The van der Waals surface area contributed by atoms with Gasteiger partial charge >= 0.3 is 52.6 Å². The van der Waals surface area contributed by atoms with Crippen molar-refractivity contribution in [2.24, 2.45) is 0 Å². The molecule has 0 unspecified atom stereocenters. The summed E-state index contributed by atoms with van der Waals surface area (Å²) in [6.45, 7) is 9.28. The van der Waals surface area contributed by atoms with E-state index in [-0.39, 0.29) is 34.0 Å². The third kappa shape index (κ3) is 17.7. The molecule has 0 aromatic heterocycles. The molecule has 0 aliphatic carbocycles. The van der Waals surface area contributed by atoms with Crippen LogP contribution in [0.1, 0.15) is 27.7 Å². The van der Waals surface area contributed by atoms with Gasteiger partial charge in [0.15, 0.2) is 0 Å². The minimum absolute atomic E-state index is 0. The van der Waals surface area contributed by atoms with Gasteiger partial charge in [-0.1, -0.05) is 0 Å². The molecule has 0 aromatic carbocycles. The van der Waals surface area contributed by atoms with Crippen molar-refractivity contribution in [3.63, 3.8) is 0 Å². The molecule has 0 aliphatic heterocycles. The fourth-order valence-corrected chi connectivity index (χ4v) is 3.46. The molecule has 0 rings (SSSR count). The van der Waals surface area contributed by atoms with Crippen molar-refractivity contribution in [2.45, 2.75) is 37.2 Å². The van der Waals surface area contributed by atoms with E-state index in [1.807, 2.05) is 0 Å². The fourth-order valence-electron chi connectivity index (χ4n) is 0.667. The van der Waals surface area contributed by atoms with Crippen molar-refractivity contribution in [1.29, 1.82) is 0 Å². The zero-order chi connectivity index (χ0) is 5.86. The number of rotatable bonds is 2. The summed E-state index contributed by atoms with van der Waals surface area (Å²) < 4.78 is 2.00. The molecular weight excluding hydrogens is 304 g/mol. The first-order valence-electron chi connectivity index (χ1n) is 2.89. The van der Waals surface area contributed by atoms with Gasteiger partial charge in [-0.2, -0.15) is 0 Å². The smallest absolute Gasteiger partial charge is 1.00 e. The summed E-state index contributed by atoms with van der Waals surface area (Å²) in [4.78, 5) is 0. The zero-order valence-electron chi connectivity index (χ0n) is 6.41. The van der Waals surface area contributed by atoms with Crippen molar-refractivity contribution in [3.8, 4) is 0 Å². The van der Waals surface area contributed by atoms with Crippen LogP contribution < -0.4 is 34.0 Å². The Morgan fingerprint density at radius 3 is 1.00 bits per heavy atom. The predicted octanol–water partition coefficient (Wildman–Crippen LogP) is -3.64. The number of hydrogen-bond donors (Lipinski definition) is 0. The van der Waals surface area contributed by atoms with E-state index in [0.29, 0.717) is 15.4 Å². The molecule has 0 radical (unpaired) electrons. The van der Waals surface area contributed by atoms with Gasteiger partial charge in [0.05, 0.1) is 0 Å². The number of hydrogen-bond acceptors (Lipinski definition) is 0. The zero-order valence-corrected chi connectivity index (χ0v) is 11.7. The third-order valence-electron chi connectivity index (χ3n) is 0.667. The molecule has 0 atom stereocenters. The maximum atomic E-state index is 2.32. The van der Waals surface area contributed by atoms with E-state index in [1.165, 1.54) is 0 Å². The Morgan fingerprint density at radius 1 is 0.778 bits per heavy atom. The van der Waals surface area contributed by atoms with Gasteiger partial charge in [0, 0.05) is 0 Å². The van der Waals surface area contributed by atoms with Crippen LogP contribution in [0.15, 0.2) is 0 Å². The molecule has 9 heavy (non-hydrogen) atoms. The Balaban J connectivity index is -0.000000180. The van der Waals surface area contributed by atoms with E-state index in [0.717, 1.165) is 9.50 Å². The van der Waals surface area contributed by atoms with Crippen LogP contribution in [0.2, 0.25) is 9.50 Å². The molecule has 0 heterocycles. The van der Waals surface area contributed by atoms with Gasteiger partial charge in [0.1, 0.15) is 0 Å². The molecule has 0 aliphatic rings. The molecule has 0 nitrogen and oxygen atoms in total. The van der Waals surface area contributed by atoms with E-state index in [9.17, 15) is 0 Å². The molecule has 0 saturated carbocycles. The Labute approximate surface area is 86.2 Å². The summed E-state index contributed by atoms with van der Waals surface area (Å²) in [6.07, 6.45) is 0. The molecular formula is C6H14Br2Ge. The summed E-state index contributed by atoms with van der Waals surface area (Å²) in [5, 5.41) is 0. The second-order valence-corrected chi connectivity index (χ2v) is 8.02. The maximum Gasteiger partial charge on any atom is -1.00 e. The normalized spacial score (nSPS) is 7.78. The fraction of sp³-hybridized carbons (Fsp3) is 1.00. The maximum absolute atomic E-state index is 2.32. The Hall–Kier alpha value is 1.50. The minimum Gasteiger partial charge on any atom is -1.00 e. The van der Waals surface area contributed by atoms with Gasteiger partial charge in [-0.3, -0.25) is 0 Å². The van der Waals surface area contributed by atoms with Crippen LogP contribution in [0, 0.1) is 0 Å². The second kappa shape index (κ2) is 9.50. The van der Waals surface area contributed by atoms with Gasteiger partial charge < -0.3 is 34.0 Å². The minimum atomic E-state index is 0. The molecule has 56 valence electrons. The van der Waals surface area contributed by atoms with Gasteiger partial charge in [0.2, 0.25) is 0 Å². The van der Waals surface area contributed by atoms with Crippen LogP contribution in [0.3, 0.4) is 0 Å². The van der Waals surface area contributed by atoms with Crippen molar-refractivity contribution in [2.75, 3.05) is 0 Å². The third-order valence-corrected chi connectivity index (χ3v) is 3.46. The van der Waals surface area contributed by atoms with Gasteiger partial charge in [-0.05, 0) is 0 Å². The number of halogens is 2. The molecule has 0 fully saturated rings. The van der Waals surface area contributed by atoms with Crippen LogP contribution in [-0.2, 0) is 0 Å². The van der Waals surface area contributed by atoms with Crippen molar-refractivity contribution in [1.82, 2.24) is 0 Å². The Morgan fingerprint density at radius 2 is 1.00 bits per heavy atom. The standard InChI is InChI=1S/C6H14Ge.2BrH/c1-5(2)7-6(3)4;;/h5-6H,1-4H3;2*1H/q+2;;/p-2. The van der Waals surface area contributed by atoms with Crippen LogP contribution >= 0.6 is 0 Å². The average Bonchev–Trinajstić information content (AvgIpc) is 1.27. The van der Waals surface area contributed by atoms with E-state index in [2.05, 4.69) is 27.7 Å². The molecule has 3 heteroatoms. The molecule has 0 bridgehead atoms. The van der Waals surface area contributed by atoms with Gasteiger partial charge in [-0.15, -0.1) is 0 Å². The van der Waals surface area contributed by atoms with E-state index in [4.69, 9.17) is 0 Å². The summed E-state index contributed by atoms with van der Waals surface area (Å²) in [5.74, 6) is 0. The summed E-state index contributed by atoms with van der Waals surface area (Å²) in [7, 11) is 0. The van der Waals surface area contributed by atoms with Crippen LogP contribution in [0.25, 0.3) is 0 Å². The summed E-state index contributed by atoms with van der Waals surface area (Å²) in [5.41, 5.74) is 0. The van der Waals surface area contributed by atoms with E-state index < -0.39 is 0 Å². The SMILES string of the molecule is C[CH](C)[Ge+2][CH](C)C.[Br-].[Br-]. The molecule has 0 aromatic rings. The van der Waals surface area contributed by atoms with Crippen LogP contribution in [0.4, 0.5) is 0 Å². The van der Waals surface area contributed by atoms with Gasteiger partial charge in [0.25, 0.3) is 0 Å². The monoisotopic (exact) mass is 318 g/mol. The topological polar surface area (TPSA) is 0 Å². The first-order valence-corrected chi connectivity index (χ1v) is 5.31. The average molecular weight is 319 g/mol. The molecule has 0 saturated heterocycles. The van der Waals surface area contributed by atoms with Crippen molar-refractivity contribution < 1.29 is 34.0 Å². The second-order valence-electron chi connectivity index (χ2n) is 2.48. The quantitative estimate of drug-likeness (QED) is 0.461. The van der Waals surface area contributed by atoms with E-state index >= 15 is 0 Å². The summed E-state index contributed by atoms with van der Waals surface area (Å²) in [6, 6.07) is 0. The van der Waals surface area contributed by atoms with Gasteiger partial charge in [-0.25, -0.2) is 0 Å². The Bertz CT molecular complexity index is 40.3. The van der Waals surface area contributed by atoms with Crippen molar-refractivity contribution >= 4 is 15.4 Å². The van der Waals surface area contributed by atoms with Crippen molar-refractivity contribution in [3.05, 3.63) is 0 Å². The molecule has 0 N–H and O–H groups in total. The first kappa shape index (κ1) is 16.8. The summed E-state index contributed by atoms with van der Waals surface area (Å²) >= 11 is 0.389. The van der Waals surface area contributed by atoms with Crippen LogP contribution in [0.5, 0.6) is 0 Å².